The van der Waals surface area contributed by atoms with Crippen LogP contribution in [0.25, 0.3) is 0 Å². The maximum absolute atomic E-state index is 13.1. The average molecular weight is 390 g/mol. The molecule has 0 unspecified atom stereocenters. The lowest BCUT2D eigenvalue weighted by Gasteiger charge is -2.23. The van der Waals surface area contributed by atoms with E-state index in [1.807, 2.05) is 6.07 Å². The second-order valence-electron chi connectivity index (χ2n) is 5.17. The number of amides is 2. The molecule has 2 aromatic rings. The Morgan fingerprint density at radius 2 is 1.92 bits per heavy atom. The smallest absolute Gasteiger partial charge is 0.271 e. The van der Waals surface area contributed by atoms with Gasteiger partial charge in [0.25, 0.3) is 5.91 Å². The molecular formula is C17H13BrFN3O2. The predicted octanol–water partition coefficient (Wildman–Crippen LogP) is 3.71. The van der Waals surface area contributed by atoms with E-state index in [-0.39, 0.29) is 24.5 Å². The lowest BCUT2D eigenvalue weighted by atomic mass is 10.1. The fourth-order valence-electron chi connectivity index (χ4n) is 2.27. The van der Waals surface area contributed by atoms with E-state index in [9.17, 15) is 14.0 Å². The molecule has 2 aromatic carbocycles. The monoisotopic (exact) mass is 389 g/mol. The van der Waals surface area contributed by atoms with E-state index in [1.54, 1.807) is 24.3 Å². The van der Waals surface area contributed by atoms with Crippen molar-refractivity contribution in [3.05, 3.63) is 58.8 Å². The third-order valence-corrected chi connectivity index (χ3v) is 4.13. The van der Waals surface area contributed by atoms with Gasteiger partial charge in [-0.05, 0) is 46.3 Å². The number of hydrogen-bond acceptors (Lipinski definition) is 3. The number of hydrogen-bond donors (Lipinski definition) is 1. The summed E-state index contributed by atoms with van der Waals surface area (Å²) in [6.07, 6.45) is 0.457. The molecule has 7 heteroatoms. The van der Waals surface area contributed by atoms with E-state index in [1.165, 1.54) is 23.2 Å². The molecule has 0 fully saturated rings. The number of carbonyl (C=O) groups excluding carboxylic acids is 2. The number of halogens is 2. The quantitative estimate of drug-likeness (QED) is 0.869. The van der Waals surface area contributed by atoms with Gasteiger partial charge in [0.1, 0.15) is 11.5 Å². The highest BCUT2D eigenvalue weighted by molar-refractivity contribution is 9.10. The lowest BCUT2D eigenvalue weighted by molar-refractivity contribution is -0.118. The second-order valence-corrected chi connectivity index (χ2v) is 6.02. The Kier molecular flexibility index (Phi) is 4.71. The molecule has 1 N–H and O–H groups in total. The molecule has 5 nitrogen and oxygen atoms in total. The van der Waals surface area contributed by atoms with Gasteiger partial charge in [-0.2, -0.15) is 5.10 Å². The number of anilines is 2. The number of hydrazone groups is 1. The Bertz CT molecular complexity index is 824. The molecule has 0 saturated carbocycles. The summed E-state index contributed by atoms with van der Waals surface area (Å²) >= 11 is 3.20. The summed E-state index contributed by atoms with van der Waals surface area (Å²) in [7, 11) is 0. The molecule has 0 aromatic heterocycles. The molecule has 2 amide bonds. The van der Waals surface area contributed by atoms with Gasteiger partial charge in [-0.1, -0.05) is 18.2 Å². The topological polar surface area (TPSA) is 61.8 Å². The highest BCUT2D eigenvalue weighted by atomic mass is 79.9. The summed E-state index contributed by atoms with van der Waals surface area (Å²) in [5.41, 5.74) is 1.29. The highest BCUT2D eigenvalue weighted by Crippen LogP contribution is 2.24. The molecule has 1 heterocycles. The van der Waals surface area contributed by atoms with Crippen LogP contribution in [0.15, 0.2) is 58.1 Å². The van der Waals surface area contributed by atoms with Crippen molar-refractivity contribution in [3.8, 4) is 0 Å². The first kappa shape index (κ1) is 16.3. The molecule has 0 bridgehead atoms. The van der Waals surface area contributed by atoms with Crippen LogP contribution < -0.4 is 10.3 Å². The molecule has 3 rings (SSSR count). The maximum atomic E-state index is 13.1. The summed E-state index contributed by atoms with van der Waals surface area (Å²) in [5.74, 6) is -0.993. The Morgan fingerprint density at radius 1 is 1.17 bits per heavy atom. The second kappa shape index (κ2) is 6.92. The fraction of sp³-hybridized carbons (Fsp3) is 0.118. The molecule has 0 spiro atoms. The van der Waals surface area contributed by atoms with Crippen LogP contribution in [0.4, 0.5) is 15.8 Å². The fourth-order valence-corrected chi connectivity index (χ4v) is 2.72. The lowest BCUT2D eigenvalue weighted by Crippen LogP contribution is -2.36. The largest absolute Gasteiger partial charge is 0.320 e. The number of nitrogens with one attached hydrogen (secondary N) is 1. The van der Waals surface area contributed by atoms with Crippen LogP contribution in [0.5, 0.6) is 0 Å². The molecular weight excluding hydrogens is 377 g/mol. The molecule has 122 valence electrons. The van der Waals surface area contributed by atoms with Gasteiger partial charge in [-0.25, -0.2) is 9.40 Å². The van der Waals surface area contributed by atoms with Crippen molar-refractivity contribution < 1.29 is 14.0 Å². The number of carbonyl (C=O) groups is 2. The first-order valence-electron chi connectivity index (χ1n) is 7.26. The normalized spacial score (nSPS) is 14.3. The minimum Gasteiger partial charge on any atom is -0.320 e. The zero-order valence-electron chi connectivity index (χ0n) is 12.5. The zero-order chi connectivity index (χ0) is 17.1. The molecule has 0 atom stereocenters. The van der Waals surface area contributed by atoms with Crippen molar-refractivity contribution in [1.29, 1.82) is 0 Å². The molecule has 0 saturated heterocycles. The summed E-state index contributed by atoms with van der Waals surface area (Å²) in [6.45, 7) is 0. The molecule has 0 radical (unpaired) electrons. The van der Waals surface area contributed by atoms with Crippen molar-refractivity contribution in [2.24, 2.45) is 5.10 Å². The first-order chi connectivity index (χ1) is 11.5. The van der Waals surface area contributed by atoms with Gasteiger partial charge in [-0.15, -0.1) is 0 Å². The predicted molar refractivity (Wildman–Crippen MR) is 93.3 cm³/mol. The number of nitrogens with zero attached hydrogens (tertiary/aromatic N) is 2. The van der Waals surface area contributed by atoms with Crippen molar-refractivity contribution in [1.82, 2.24) is 0 Å². The van der Waals surface area contributed by atoms with Crippen molar-refractivity contribution in [2.45, 2.75) is 12.8 Å². The van der Waals surface area contributed by atoms with Crippen molar-refractivity contribution >= 4 is 44.8 Å². The van der Waals surface area contributed by atoms with Gasteiger partial charge in [0.2, 0.25) is 5.91 Å². The van der Waals surface area contributed by atoms with Crippen LogP contribution in [-0.4, -0.2) is 17.5 Å². The van der Waals surface area contributed by atoms with Gasteiger partial charge in [0, 0.05) is 17.3 Å². The third kappa shape index (κ3) is 3.51. The number of benzene rings is 2. The Morgan fingerprint density at radius 3 is 2.62 bits per heavy atom. The van der Waals surface area contributed by atoms with Crippen LogP contribution in [0.3, 0.4) is 0 Å². The van der Waals surface area contributed by atoms with E-state index < -0.39 is 11.7 Å². The van der Waals surface area contributed by atoms with Gasteiger partial charge >= 0.3 is 0 Å². The van der Waals surface area contributed by atoms with Crippen molar-refractivity contribution in [2.75, 3.05) is 10.3 Å². The SMILES string of the molecule is O=C(Nc1ccc(F)cc1Br)C1=NN(c2ccccc2)C(=O)CC1. The Labute approximate surface area is 146 Å². The van der Waals surface area contributed by atoms with Gasteiger partial charge in [0.15, 0.2) is 0 Å². The maximum Gasteiger partial charge on any atom is 0.271 e. The summed E-state index contributed by atoms with van der Waals surface area (Å²) in [4.78, 5) is 24.4. The molecule has 24 heavy (non-hydrogen) atoms. The van der Waals surface area contributed by atoms with E-state index in [0.29, 0.717) is 15.8 Å². The number of rotatable bonds is 3. The standard InChI is InChI=1S/C17H13BrFN3O2/c18-13-10-11(19)6-7-14(13)20-17(24)15-8-9-16(23)22(21-15)12-4-2-1-3-5-12/h1-7,10H,8-9H2,(H,20,24). The van der Waals surface area contributed by atoms with Crippen LogP contribution in [0.2, 0.25) is 0 Å². The van der Waals surface area contributed by atoms with Gasteiger partial charge in [-0.3, -0.25) is 9.59 Å². The van der Waals surface area contributed by atoms with Gasteiger partial charge < -0.3 is 5.32 Å². The highest BCUT2D eigenvalue weighted by Gasteiger charge is 2.25. The summed E-state index contributed by atoms with van der Waals surface area (Å²) in [6, 6.07) is 12.9. The average Bonchev–Trinajstić information content (AvgIpc) is 2.58. The van der Waals surface area contributed by atoms with Crippen LogP contribution in [0.1, 0.15) is 12.8 Å². The first-order valence-corrected chi connectivity index (χ1v) is 8.06. The molecule has 1 aliphatic rings. The van der Waals surface area contributed by atoms with Gasteiger partial charge in [0.05, 0.1) is 11.4 Å². The Hall–Kier alpha value is -2.54. The van der Waals surface area contributed by atoms with E-state index >= 15 is 0 Å². The van der Waals surface area contributed by atoms with Crippen molar-refractivity contribution in [3.63, 3.8) is 0 Å². The summed E-state index contributed by atoms with van der Waals surface area (Å²) in [5, 5.41) is 8.08. The van der Waals surface area contributed by atoms with Crippen LogP contribution in [0, 0.1) is 5.82 Å². The zero-order valence-corrected chi connectivity index (χ0v) is 14.1. The third-order valence-electron chi connectivity index (χ3n) is 3.47. The minimum atomic E-state index is -0.421. The summed E-state index contributed by atoms with van der Waals surface area (Å²) < 4.78 is 13.5. The minimum absolute atomic E-state index is 0.166. The number of para-hydroxylation sites is 1. The van der Waals surface area contributed by atoms with E-state index in [0.717, 1.165) is 0 Å². The van der Waals surface area contributed by atoms with Crippen LogP contribution >= 0.6 is 15.9 Å². The van der Waals surface area contributed by atoms with Crippen LogP contribution in [-0.2, 0) is 9.59 Å². The molecule has 1 aliphatic heterocycles. The van der Waals surface area contributed by atoms with E-state index in [2.05, 4.69) is 26.3 Å². The molecule has 0 aliphatic carbocycles. The van der Waals surface area contributed by atoms with E-state index in [4.69, 9.17) is 0 Å². The Balaban J connectivity index is 1.82.